The van der Waals surface area contributed by atoms with Crippen molar-refractivity contribution in [3.8, 4) is 5.75 Å². The molecule has 3 rings (SSSR count). The third-order valence-corrected chi connectivity index (χ3v) is 4.59. The molecule has 2 aromatic rings. The maximum absolute atomic E-state index is 12.6. The summed E-state index contributed by atoms with van der Waals surface area (Å²) < 4.78 is 5.98. The summed E-state index contributed by atoms with van der Waals surface area (Å²) in [6.45, 7) is 5.58. The number of carbonyl (C=O) groups is 2. The van der Waals surface area contributed by atoms with E-state index in [4.69, 9.17) is 4.74 Å². The standard InChI is InChI=1S/C21H26N4O3/c1-15(2)24-20(26)17-8-3-4-9-18(17)28-14-16-7-5-12-25(13-16)21(27)19-22-10-6-11-23-19/h3-4,6,8-11,15-16H,5,7,12-14H2,1-2H3,(H,24,26). The highest BCUT2D eigenvalue weighted by Gasteiger charge is 2.26. The Morgan fingerprint density at radius 2 is 1.96 bits per heavy atom. The SMILES string of the molecule is CC(C)NC(=O)c1ccccc1OCC1CCCN(C(=O)c2ncccn2)C1. The monoisotopic (exact) mass is 382 g/mol. The van der Waals surface area contributed by atoms with E-state index in [1.54, 1.807) is 35.5 Å². The minimum Gasteiger partial charge on any atom is -0.492 e. The van der Waals surface area contributed by atoms with Crippen LogP contribution in [0.2, 0.25) is 0 Å². The predicted molar refractivity (Wildman–Crippen MR) is 105 cm³/mol. The first-order valence-electron chi connectivity index (χ1n) is 9.63. The van der Waals surface area contributed by atoms with E-state index in [0.29, 0.717) is 31.0 Å². The van der Waals surface area contributed by atoms with Gasteiger partial charge in [0.1, 0.15) is 5.75 Å². The fourth-order valence-corrected chi connectivity index (χ4v) is 3.26. The van der Waals surface area contributed by atoms with Crippen LogP contribution in [0, 0.1) is 5.92 Å². The van der Waals surface area contributed by atoms with Gasteiger partial charge in [0, 0.05) is 37.4 Å². The maximum Gasteiger partial charge on any atom is 0.291 e. The molecule has 1 unspecified atom stereocenters. The van der Waals surface area contributed by atoms with Crippen molar-refractivity contribution < 1.29 is 14.3 Å². The van der Waals surface area contributed by atoms with E-state index in [2.05, 4.69) is 15.3 Å². The van der Waals surface area contributed by atoms with Crippen LogP contribution in [0.25, 0.3) is 0 Å². The van der Waals surface area contributed by atoms with Gasteiger partial charge in [-0.15, -0.1) is 0 Å². The molecule has 1 aromatic heterocycles. The largest absolute Gasteiger partial charge is 0.492 e. The number of amides is 2. The van der Waals surface area contributed by atoms with Gasteiger partial charge in [-0.05, 0) is 44.9 Å². The number of benzene rings is 1. The summed E-state index contributed by atoms with van der Waals surface area (Å²) >= 11 is 0. The molecule has 1 saturated heterocycles. The summed E-state index contributed by atoms with van der Waals surface area (Å²) in [4.78, 5) is 34.8. The van der Waals surface area contributed by atoms with Crippen LogP contribution in [0.5, 0.6) is 5.75 Å². The number of hydrogen-bond donors (Lipinski definition) is 1. The summed E-state index contributed by atoms with van der Waals surface area (Å²) in [6, 6.07) is 8.98. The van der Waals surface area contributed by atoms with Crippen molar-refractivity contribution in [1.29, 1.82) is 0 Å². The van der Waals surface area contributed by atoms with Gasteiger partial charge in [-0.2, -0.15) is 0 Å². The van der Waals surface area contributed by atoms with Crippen molar-refractivity contribution >= 4 is 11.8 Å². The summed E-state index contributed by atoms with van der Waals surface area (Å²) in [5.41, 5.74) is 0.526. The second-order valence-corrected chi connectivity index (χ2v) is 7.27. The van der Waals surface area contributed by atoms with Crippen LogP contribution in [0.4, 0.5) is 0 Å². The first-order chi connectivity index (χ1) is 13.5. The number of rotatable bonds is 6. The van der Waals surface area contributed by atoms with Gasteiger partial charge < -0.3 is 15.0 Å². The predicted octanol–water partition coefficient (Wildman–Crippen LogP) is 2.55. The number of piperidine rings is 1. The molecule has 148 valence electrons. The van der Waals surface area contributed by atoms with E-state index in [1.807, 2.05) is 26.0 Å². The number of nitrogens with zero attached hydrogens (tertiary/aromatic N) is 3. The minimum absolute atomic E-state index is 0.0543. The lowest BCUT2D eigenvalue weighted by Crippen LogP contribution is -2.42. The van der Waals surface area contributed by atoms with Crippen LogP contribution in [0.1, 0.15) is 47.7 Å². The summed E-state index contributed by atoms with van der Waals surface area (Å²) in [5, 5.41) is 2.89. The van der Waals surface area contributed by atoms with Gasteiger partial charge in [0.05, 0.1) is 12.2 Å². The van der Waals surface area contributed by atoms with E-state index in [1.165, 1.54) is 0 Å². The van der Waals surface area contributed by atoms with Crippen LogP contribution < -0.4 is 10.1 Å². The quantitative estimate of drug-likeness (QED) is 0.830. The van der Waals surface area contributed by atoms with Crippen molar-refractivity contribution in [2.45, 2.75) is 32.7 Å². The van der Waals surface area contributed by atoms with E-state index in [0.717, 1.165) is 12.8 Å². The highest BCUT2D eigenvalue weighted by molar-refractivity contribution is 5.97. The summed E-state index contributed by atoms with van der Waals surface area (Å²) in [7, 11) is 0. The number of nitrogens with one attached hydrogen (secondary N) is 1. The summed E-state index contributed by atoms with van der Waals surface area (Å²) in [5.74, 6) is 0.687. The van der Waals surface area contributed by atoms with Gasteiger partial charge in [-0.25, -0.2) is 9.97 Å². The zero-order valence-electron chi connectivity index (χ0n) is 16.3. The average molecular weight is 382 g/mol. The molecular weight excluding hydrogens is 356 g/mol. The first-order valence-corrected chi connectivity index (χ1v) is 9.63. The molecule has 1 fully saturated rings. The molecular formula is C21H26N4O3. The van der Waals surface area contributed by atoms with Gasteiger partial charge in [-0.1, -0.05) is 12.1 Å². The Hall–Kier alpha value is -2.96. The molecule has 1 aliphatic heterocycles. The summed E-state index contributed by atoms with van der Waals surface area (Å²) in [6.07, 6.45) is 5.02. The Kier molecular flexibility index (Phi) is 6.57. The van der Waals surface area contributed by atoms with Crippen molar-refractivity contribution in [2.75, 3.05) is 19.7 Å². The molecule has 0 aliphatic carbocycles. The molecule has 1 atom stereocenters. The van der Waals surface area contributed by atoms with Crippen molar-refractivity contribution in [2.24, 2.45) is 5.92 Å². The Morgan fingerprint density at radius 1 is 1.21 bits per heavy atom. The van der Waals surface area contributed by atoms with Crippen LogP contribution in [0.15, 0.2) is 42.7 Å². The second-order valence-electron chi connectivity index (χ2n) is 7.27. The molecule has 2 heterocycles. The first kappa shape index (κ1) is 19.8. The zero-order chi connectivity index (χ0) is 19.9. The Balaban J connectivity index is 1.61. The van der Waals surface area contributed by atoms with Crippen molar-refractivity contribution in [3.63, 3.8) is 0 Å². The van der Waals surface area contributed by atoms with Crippen molar-refractivity contribution in [3.05, 3.63) is 54.1 Å². The molecule has 0 spiro atoms. The molecule has 7 nitrogen and oxygen atoms in total. The highest BCUT2D eigenvalue weighted by atomic mass is 16.5. The van der Waals surface area contributed by atoms with Crippen LogP contribution in [0.3, 0.4) is 0 Å². The van der Waals surface area contributed by atoms with Gasteiger partial charge in [0.25, 0.3) is 11.8 Å². The second kappa shape index (κ2) is 9.30. The number of carbonyl (C=O) groups excluding carboxylic acids is 2. The van der Waals surface area contributed by atoms with E-state index >= 15 is 0 Å². The van der Waals surface area contributed by atoms with E-state index < -0.39 is 0 Å². The van der Waals surface area contributed by atoms with Crippen LogP contribution >= 0.6 is 0 Å². The smallest absolute Gasteiger partial charge is 0.291 e. The normalized spacial score (nSPS) is 16.7. The Bertz CT molecular complexity index is 810. The van der Waals surface area contributed by atoms with Crippen molar-refractivity contribution in [1.82, 2.24) is 20.2 Å². The minimum atomic E-state index is -0.151. The van der Waals surface area contributed by atoms with Crippen LogP contribution in [-0.4, -0.2) is 52.4 Å². The van der Waals surface area contributed by atoms with Crippen LogP contribution in [-0.2, 0) is 0 Å². The number of para-hydroxylation sites is 1. The Morgan fingerprint density at radius 3 is 2.71 bits per heavy atom. The van der Waals surface area contributed by atoms with Gasteiger partial charge in [0.2, 0.25) is 5.82 Å². The fourth-order valence-electron chi connectivity index (χ4n) is 3.26. The molecule has 7 heteroatoms. The number of aromatic nitrogens is 2. The molecule has 1 aliphatic rings. The topological polar surface area (TPSA) is 84.4 Å². The third-order valence-electron chi connectivity index (χ3n) is 4.59. The zero-order valence-corrected chi connectivity index (χ0v) is 16.3. The van der Waals surface area contributed by atoms with Gasteiger partial charge in [0.15, 0.2) is 0 Å². The fraction of sp³-hybridized carbons (Fsp3) is 0.429. The van der Waals surface area contributed by atoms with E-state index in [9.17, 15) is 9.59 Å². The third kappa shape index (κ3) is 5.06. The van der Waals surface area contributed by atoms with Gasteiger partial charge >= 0.3 is 0 Å². The average Bonchev–Trinajstić information content (AvgIpc) is 2.72. The number of likely N-dealkylation sites (tertiary alicyclic amines) is 1. The maximum atomic E-state index is 12.6. The molecule has 0 radical (unpaired) electrons. The number of hydrogen-bond acceptors (Lipinski definition) is 5. The molecule has 0 saturated carbocycles. The molecule has 28 heavy (non-hydrogen) atoms. The highest BCUT2D eigenvalue weighted by Crippen LogP contribution is 2.22. The lowest BCUT2D eigenvalue weighted by atomic mass is 9.99. The number of ether oxygens (including phenoxy) is 1. The molecule has 2 amide bonds. The lowest BCUT2D eigenvalue weighted by Gasteiger charge is -2.32. The molecule has 1 aromatic carbocycles. The van der Waals surface area contributed by atoms with Gasteiger partial charge in [-0.3, -0.25) is 9.59 Å². The van der Waals surface area contributed by atoms with E-state index in [-0.39, 0.29) is 29.6 Å². The molecule has 0 bridgehead atoms. The lowest BCUT2D eigenvalue weighted by molar-refractivity contribution is 0.0621. The Labute approximate surface area is 165 Å². The molecule has 1 N–H and O–H groups in total.